The van der Waals surface area contributed by atoms with E-state index in [0.717, 1.165) is 24.1 Å². The van der Waals surface area contributed by atoms with E-state index < -0.39 is 0 Å². The lowest BCUT2D eigenvalue weighted by Crippen LogP contribution is -1.99. The zero-order chi connectivity index (χ0) is 12.5. The Bertz CT molecular complexity index is 627. The summed E-state index contributed by atoms with van der Waals surface area (Å²) >= 11 is 0. The Kier molecular flexibility index (Phi) is 2.71. The van der Waals surface area contributed by atoms with Gasteiger partial charge in [0, 0.05) is 35.4 Å². The van der Waals surface area contributed by atoms with Gasteiger partial charge in [-0.05, 0) is 49.4 Å². The maximum atomic E-state index is 4.45. The van der Waals surface area contributed by atoms with Crippen LogP contribution in [0.15, 0.2) is 30.7 Å². The first kappa shape index (κ1) is 11.1. The largest absolute Gasteiger partial charge is 0.264 e. The second kappa shape index (κ2) is 4.37. The van der Waals surface area contributed by atoms with E-state index in [4.69, 9.17) is 0 Å². The average Bonchev–Trinajstić information content (AvgIpc) is 2.41. The molecule has 0 fully saturated rings. The number of hydrogen-bond donors (Lipinski definition) is 0. The minimum Gasteiger partial charge on any atom is -0.264 e. The fraction of sp³-hybridized carbons (Fsp3) is 0.250. The molecular weight excluding hydrogens is 220 g/mol. The molecule has 3 rings (SSSR count). The van der Waals surface area contributed by atoms with E-state index in [2.05, 4.69) is 35.1 Å². The number of aromatic nitrogens is 2. The molecule has 1 aliphatic carbocycles. The first-order valence-corrected chi connectivity index (χ1v) is 6.33. The third-order valence-corrected chi connectivity index (χ3v) is 3.59. The standard InChI is InChI=1S/C16H16N2/c1-11-7-14(9-18-12(11)2)16-10-17-8-13-5-3-4-6-15(13)16/h4,6-10H,3,5H2,1-2H3. The van der Waals surface area contributed by atoms with Crippen molar-refractivity contribution in [3.05, 3.63) is 53.1 Å². The molecule has 2 heterocycles. The number of nitrogens with zero attached hydrogens (tertiary/aromatic N) is 2. The molecule has 18 heavy (non-hydrogen) atoms. The highest BCUT2D eigenvalue weighted by Gasteiger charge is 2.11. The zero-order valence-corrected chi connectivity index (χ0v) is 10.8. The molecule has 0 bridgehead atoms. The molecule has 0 amide bonds. The van der Waals surface area contributed by atoms with E-state index in [-0.39, 0.29) is 0 Å². The molecule has 0 radical (unpaired) electrons. The van der Waals surface area contributed by atoms with Crippen LogP contribution in [0.4, 0.5) is 0 Å². The number of fused-ring (bicyclic) bond motifs is 1. The van der Waals surface area contributed by atoms with Crippen molar-refractivity contribution in [1.82, 2.24) is 9.97 Å². The highest BCUT2D eigenvalue weighted by atomic mass is 14.7. The Morgan fingerprint density at radius 3 is 2.83 bits per heavy atom. The van der Waals surface area contributed by atoms with Crippen LogP contribution in [-0.4, -0.2) is 9.97 Å². The Morgan fingerprint density at radius 1 is 1.11 bits per heavy atom. The molecule has 0 N–H and O–H groups in total. The third-order valence-electron chi connectivity index (χ3n) is 3.59. The van der Waals surface area contributed by atoms with Crippen molar-refractivity contribution in [2.75, 3.05) is 0 Å². The molecule has 2 nitrogen and oxygen atoms in total. The van der Waals surface area contributed by atoms with Crippen molar-refractivity contribution < 1.29 is 0 Å². The molecule has 2 aromatic heterocycles. The van der Waals surface area contributed by atoms with Crippen LogP contribution in [0.5, 0.6) is 0 Å². The van der Waals surface area contributed by atoms with Crippen LogP contribution in [0.1, 0.15) is 28.8 Å². The Hall–Kier alpha value is -1.96. The van der Waals surface area contributed by atoms with Gasteiger partial charge in [0.1, 0.15) is 0 Å². The molecule has 0 unspecified atom stereocenters. The summed E-state index contributed by atoms with van der Waals surface area (Å²) in [4.78, 5) is 8.82. The van der Waals surface area contributed by atoms with E-state index in [9.17, 15) is 0 Å². The quantitative estimate of drug-likeness (QED) is 0.754. The van der Waals surface area contributed by atoms with Gasteiger partial charge in [0.15, 0.2) is 0 Å². The third kappa shape index (κ3) is 1.84. The molecule has 0 atom stereocenters. The maximum absolute atomic E-state index is 4.45. The van der Waals surface area contributed by atoms with Crippen LogP contribution in [0.3, 0.4) is 0 Å². The van der Waals surface area contributed by atoms with Gasteiger partial charge in [-0.1, -0.05) is 12.2 Å². The lowest BCUT2D eigenvalue weighted by molar-refractivity contribution is 0.971. The molecule has 1 aliphatic rings. The van der Waals surface area contributed by atoms with Crippen LogP contribution in [0.25, 0.3) is 17.2 Å². The molecule has 2 heteroatoms. The SMILES string of the molecule is Cc1cc(-c2cncc3c2C=CCC3)cnc1C. The molecule has 0 aliphatic heterocycles. The Morgan fingerprint density at radius 2 is 2.00 bits per heavy atom. The Balaban J connectivity index is 2.18. The number of aryl methyl sites for hydroxylation is 3. The van der Waals surface area contributed by atoms with Gasteiger partial charge in [0.05, 0.1) is 0 Å². The second-order valence-electron chi connectivity index (χ2n) is 4.83. The van der Waals surface area contributed by atoms with Crippen molar-refractivity contribution in [1.29, 1.82) is 0 Å². The van der Waals surface area contributed by atoms with E-state index in [0.29, 0.717) is 0 Å². The van der Waals surface area contributed by atoms with E-state index >= 15 is 0 Å². The van der Waals surface area contributed by atoms with Gasteiger partial charge in [-0.2, -0.15) is 0 Å². The first-order valence-electron chi connectivity index (χ1n) is 6.33. The molecule has 0 saturated carbocycles. The van der Waals surface area contributed by atoms with Gasteiger partial charge in [0.2, 0.25) is 0 Å². The predicted octanol–water partition coefficient (Wildman–Crippen LogP) is 3.72. The van der Waals surface area contributed by atoms with Crippen molar-refractivity contribution >= 4 is 6.08 Å². The summed E-state index contributed by atoms with van der Waals surface area (Å²) in [6, 6.07) is 2.20. The maximum Gasteiger partial charge on any atom is 0.0402 e. The van der Waals surface area contributed by atoms with Gasteiger partial charge < -0.3 is 0 Å². The number of rotatable bonds is 1. The monoisotopic (exact) mass is 236 g/mol. The minimum atomic E-state index is 1.09. The summed E-state index contributed by atoms with van der Waals surface area (Å²) in [6.45, 7) is 4.14. The summed E-state index contributed by atoms with van der Waals surface area (Å²) in [5.74, 6) is 0. The van der Waals surface area contributed by atoms with Crippen molar-refractivity contribution in [3.8, 4) is 11.1 Å². The lowest BCUT2D eigenvalue weighted by Gasteiger charge is -2.14. The van der Waals surface area contributed by atoms with E-state index in [1.165, 1.54) is 22.3 Å². The zero-order valence-electron chi connectivity index (χ0n) is 10.8. The molecule has 90 valence electrons. The molecule has 2 aromatic rings. The molecule has 0 spiro atoms. The average molecular weight is 236 g/mol. The second-order valence-corrected chi connectivity index (χ2v) is 4.83. The van der Waals surface area contributed by atoms with Gasteiger partial charge >= 0.3 is 0 Å². The number of pyridine rings is 2. The highest BCUT2D eigenvalue weighted by Crippen LogP contribution is 2.30. The smallest absolute Gasteiger partial charge is 0.0402 e. The summed E-state index contributed by atoms with van der Waals surface area (Å²) in [6.07, 6.45) is 12.5. The first-order chi connectivity index (χ1) is 8.75. The molecule has 0 aromatic carbocycles. The Labute approximate surface area is 107 Å². The number of allylic oxidation sites excluding steroid dienone is 1. The van der Waals surface area contributed by atoms with Gasteiger partial charge in [0.25, 0.3) is 0 Å². The predicted molar refractivity (Wildman–Crippen MR) is 74.3 cm³/mol. The van der Waals surface area contributed by atoms with Crippen LogP contribution in [-0.2, 0) is 6.42 Å². The fourth-order valence-electron chi connectivity index (χ4n) is 2.37. The van der Waals surface area contributed by atoms with E-state index in [1.807, 2.05) is 25.5 Å². The van der Waals surface area contributed by atoms with E-state index in [1.54, 1.807) is 0 Å². The van der Waals surface area contributed by atoms with Crippen LogP contribution < -0.4 is 0 Å². The lowest BCUT2D eigenvalue weighted by atomic mass is 9.92. The minimum absolute atomic E-state index is 1.09. The van der Waals surface area contributed by atoms with Gasteiger partial charge in [-0.25, -0.2) is 0 Å². The summed E-state index contributed by atoms with van der Waals surface area (Å²) < 4.78 is 0. The van der Waals surface area contributed by atoms with Gasteiger partial charge in [-0.3, -0.25) is 9.97 Å². The van der Waals surface area contributed by atoms with Crippen LogP contribution in [0.2, 0.25) is 0 Å². The molecule has 0 saturated heterocycles. The fourth-order valence-corrected chi connectivity index (χ4v) is 2.37. The summed E-state index contributed by atoms with van der Waals surface area (Å²) in [5, 5.41) is 0. The van der Waals surface area contributed by atoms with Crippen molar-refractivity contribution in [3.63, 3.8) is 0 Å². The van der Waals surface area contributed by atoms with Gasteiger partial charge in [-0.15, -0.1) is 0 Å². The highest BCUT2D eigenvalue weighted by molar-refractivity contribution is 5.77. The van der Waals surface area contributed by atoms with Crippen molar-refractivity contribution in [2.24, 2.45) is 0 Å². The normalized spacial score (nSPS) is 13.4. The summed E-state index contributed by atoms with van der Waals surface area (Å²) in [5.41, 5.74) is 7.32. The number of hydrogen-bond acceptors (Lipinski definition) is 2. The van der Waals surface area contributed by atoms with Crippen LogP contribution in [0, 0.1) is 13.8 Å². The van der Waals surface area contributed by atoms with Crippen molar-refractivity contribution in [2.45, 2.75) is 26.7 Å². The molecular formula is C16H16N2. The summed E-state index contributed by atoms with van der Waals surface area (Å²) in [7, 11) is 0. The topological polar surface area (TPSA) is 25.8 Å². The van der Waals surface area contributed by atoms with Crippen LogP contribution >= 0.6 is 0 Å².